The molecule has 0 spiro atoms. The Hall–Kier alpha value is -3.84. The van der Waals surface area contributed by atoms with Crippen LogP contribution in [0.5, 0.6) is 0 Å². The van der Waals surface area contributed by atoms with E-state index in [0.29, 0.717) is 17.9 Å². The van der Waals surface area contributed by atoms with E-state index >= 15 is 0 Å². The largest absolute Gasteiger partial charge is 0.448 e. The van der Waals surface area contributed by atoms with Gasteiger partial charge in [-0.2, -0.15) is 0 Å². The molecule has 0 unspecified atom stereocenters. The summed E-state index contributed by atoms with van der Waals surface area (Å²) in [4.78, 5) is 41.0. The predicted molar refractivity (Wildman–Crippen MR) is 143 cm³/mol. The van der Waals surface area contributed by atoms with Crippen LogP contribution in [0, 0.1) is 0 Å². The molecule has 2 atom stereocenters. The normalized spacial score (nSPS) is 18.8. The Bertz CT molecular complexity index is 1270. The summed E-state index contributed by atoms with van der Waals surface area (Å²) in [6.45, 7) is 1.97. The number of rotatable bonds is 8. The molecule has 0 bridgehead atoms. The highest BCUT2D eigenvalue weighted by atomic mass is 32.2. The number of carbonyl (C=O) groups excluding carboxylic acids is 3. The van der Waals surface area contributed by atoms with Crippen molar-refractivity contribution in [3.63, 3.8) is 0 Å². The Morgan fingerprint density at radius 1 is 0.946 bits per heavy atom. The fourth-order valence-corrected chi connectivity index (χ4v) is 6.14. The van der Waals surface area contributed by atoms with Crippen LogP contribution < -0.4 is 5.32 Å². The van der Waals surface area contributed by atoms with Crippen LogP contribution in [-0.2, 0) is 25.5 Å². The number of nitrogens with one attached hydrogen (secondary N) is 1. The van der Waals surface area contributed by atoms with E-state index in [1.165, 1.54) is 4.90 Å². The predicted octanol–water partition coefficient (Wildman–Crippen LogP) is 4.63. The molecule has 1 N–H and O–H groups in total. The van der Waals surface area contributed by atoms with Crippen LogP contribution in [-0.4, -0.2) is 39.9 Å². The van der Waals surface area contributed by atoms with Crippen molar-refractivity contribution in [3.05, 3.63) is 119 Å². The van der Waals surface area contributed by atoms with Gasteiger partial charge in [0, 0.05) is 5.75 Å². The molecule has 2 aliphatic rings. The summed E-state index contributed by atoms with van der Waals surface area (Å²) < 4.78 is 6.10. The lowest BCUT2D eigenvalue weighted by atomic mass is 10.00. The van der Waals surface area contributed by atoms with Crippen LogP contribution >= 0.6 is 11.8 Å². The first-order valence-electron chi connectivity index (χ1n) is 12.4. The van der Waals surface area contributed by atoms with Gasteiger partial charge in [0.25, 0.3) is 5.91 Å². The highest BCUT2D eigenvalue weighted by molar-refractivity contribution is 8.00. The fourth-order valence-electron chi connectivity index (χ4n) is 4.70. The quantitative estimate of drug-likeness (QED) is 0.352. The first-order valence-corrected chi connectivity index (χ1v) is 13.4. The summed E-state index contributed by atoms with van der Waals surface area (Å²) in [5.41, 5.74) is 3.76. The van der Waals surface area contributed by atoms with E-state index in [1.54, 1.807) is 11.8 Å². The number of fused-ring (bicyclic) bond motifs is 1. The summed E-state index contributed by atoms with van der Waals surface area (Å²) in [7, 11) is 0. The van der Waals surface area contributed by atoms with E-state index < -0.39 is 18.1 Å². The molecule has 6 nitrogen and oxygen atoms in total. The number of amides is 2. The molecule has 2 heterocycles. The zero-order chi connectivity index (χ0) is 25.8. The van der Waals surface area contributed by atoms with E-state index in [-0.39, 0.29) is 23.6 Å². The van der Waals surface area contributed by atoms with Crippen LogP contribution in [0.25, 0.3) is 0 Å². The average Bonchev–Trinajstić information content (AvgIpc) is 2.95. The lowest BCUT2D eigenvalue weighted by molar-refractivity contribution is -0.154. The number of carbonyl (C=O) groups is 3. The van der Waals surface area contributed by atoms with E-state index in [0.717, 1.165) is 22.3 Å². The molecule has 5 rings (SSSR count). The summed E-state index contributed by atoms with van der Waals surface area (Å²) in [6, 6.07) is 27.9. The number of nitrogens with zero attached hydrogens (tertiary/aromatic N) is 1. The highest BCUT2D eigenvalue weighted by Crippen LogP contribution is 2.42. The maximum atomic E-state index is 13.7. The zero-order valence-corrected chi connectivity index (χ0v) is 21.3. The van der Waals surface area contributed by atoms with Crippen LogP contribution in [0.15, 0.2) is 102 Å². The molecule has 7 heteroatoms. The molecule has 0 saturated carbocycles. The van der Waals surface area contributed by atoms with E-state index in [1.807, 2.05) is 97.9 Å². The number of ether oxygens (including phenoxy) is 1. The van der Waals surface area contributed by atoms with Crippen molar-refractivity contribution in [3.8, 4) is 0 Å². The molecule has 1 fully saturated rings. The number of hydrogen-bond acceptors (Lipinski definition) is 5. The van der Waals surface area contributed by atoms with Gasteiger partial charge in [0.2, 0.25) is 5.91 Å². The minimum Gasteiger partial charge on any atom is -0.448 e. The van der Waals surface area contributed by atoms with Gasteiger partial charge in [0.1, 0.15) is 17.1 Å². The Morgan fingerprint density at radius 2 is 1.51 bits per heavy atom. The Labute approximate surface area is 220 Å². The molecule has 2 amide bonds. The first-order chi connectivity index (χ1) is 18.1. The molecule has 37 heavy (non-hydrogen) atoms. The smallest absolute Gasteiger partial charge is 0.356 e. The Morgan fingerprint density at radius 3 is 2.08 bits per heavy atom. The maximum absolute atomic E-state index is 13.7. The van der Waals surface area contributed by atoms with Gasteiger partial charge in [-0.1, -0.05) is 97.9 Å². The third-order valence-electron chi connectivity index (χ3n) is 6.62. The van der Waals surface area contributed by atoms with E-state index in [4.69, 9.17) is 4.74 Å². The molecule has 3 aromatic rings. The second-order valence-corrected chi connectivity index (χ2v) is 10.1. The van der Waals surface area contributed by atoms with Gasteiger partial charge in [-0.25, -0.2) is 4.79 Å². The van der Waals surface area contributed by atoms with Gasteiger partial charge in [0.05, 0.1) is 6.42 Å². The molecule has 0 radical (unpaired) electrons. The maximum Gasteiger partial charge on any atom is 0.356 e. The minimum atomic E-state index is -0.665. The molecule has 0 aliphatic carbocycles. The number of esters is 1. The van der Waals surface area contributed by atoms with Crippen molar-refractivity contribution in [1.82, 2.24) is 10.2 Å². The molecular weight excluding hydrogens is 484 g/mol. The van der Waals surface area contributed by atoms with E-state index in [2.05, 4.69) is 5.32 Å². The summed E-state index contributed by atoms with van der Waals surface area (Å²) >= 11 is 1.56. The highest BCUT2D eigenvalue weighted by Gasteiger charge is 2.54. The van der Waals surface area contributed by atoms with E-state index in [9.17, 15) is 14.4 Å². The Kier molecular flexibility index (Phi) is 7.42. The van der Waals surface area contributed by atoms with Gasteiger partial charge in [0.15, 0.2) is 6.10 Å². The number of thioether (sulfide) groups is 1. The molecule has 3 aromatic carbocycles. The SMILES string of the molecule is CCC1=C(C(=O)OC(c2ccccc2)c2ccccc2)N2C(=O)[C@@H](NC(=O)Cc3ccccc3)[C@H]2SC1. The first kappa shape index (κ1) is 24.8. The van der Waals surface area contributed by atoms with Crippen molar-refractivity contribution in [2.75, 3.05) is 5.75 Å². The molecular formula is C30H28N2O4S. The lowest BCUT2D eigenvalue weighted by Gasteiger charge is -2.49. The second-order valence-electron chi connectivity index (χ2n) is 9.03. The van der Waals surface area contributed by atoms with Gasteiger partial charge < -0.3 is 10.1 Å². The van der Waals surface area contributed by atoms with Crippen LogP contribution in [0.4, 0.5) is 0 Å². The van der Waals surface area contributed by atoms with Crippen molar-refractivity contribution >= 4 is 29.5 Å². The second kappa shape index (κ2) is 11.0. The molecule has 2 aliphatic heterocycles. The van der Waals surface area contributed by atoms with Crippen molar-refractivity contribution in [2.24, 2.45) is 0 Å². The standard InChI is InChI=1S/C30H28N2O4S/c1-2-21-19-37-29-25(31-24(33)18-20-12-6-3-7-13-20)28(34)32(29)26(21)30(35)36-27(22-14-8-4-9-15-22)23-16-10-5-11-17-23/h3-17,25,27,29H,2,18-19H2,1H3,(H,31,33)/t25-,29-/m1/s1. The van der Waals surface area contributed by atoms with Crippen molar-refractivity contribution in [1.29, 1.82) is 0 Å². The minimum absolute atomic E-state index is 0.197. The van der Waals surface area contributed by atoms with Crippen LogP contribution in [0.1, 0.15) is 36.1 Å². The van der Waals surface area contributed by atoms with Gasteiger partial charge >= 0.3 is 5.97 Å². The summed E-state index contributed by atoms with van der Waals surface area (Å²) in [6.07, 6.45) is 0.217. The Balaban J connectivity index is 1.35. The molecule has 188 valence electrons. The number of hydrogen-bond donors (Lipinski definition) is 1. The third-order valence-corrected chi connectivity index (χ3v) is 7.96. The summed E-state index contributed by atoms with van der Waals surface area (Å²) in [5.74, 6) is -0.427. The monoisotopic (exact) mass is 512 g/mol. The number of benzene rings is 3. The van der Waals surface area contributed by atoms with Crippen molar-refractivity contribution < 1.29 is 19.1 Å². The fraction of sp³-hybridized carbons (Fsp3) is 0.233. The molecule has 0 aromatic heterocycles. The topological polar surface area (TPSA) is 75.7 Å². The van der Waals surface area contributed by atoms with Crippen molar-refractivity contribution in [2.45, 2.75) is 37.3 Å². The van der Waals surface area contributed by atoms with Gasteiger partial charge in [-0.15, -0.1) is 11.8 Å². The zero-order valence-electron chi connectivity index (χ0n) is 20.5. The lowest BCUT2D eigenvalue weighted by Crippen LogP contribution is -2.70. The van der Waals surface area contributed by atoms with Crippen LogP contribution in [0.2, 0.25) is 0 Å². The average molecular weight is 513 g/mol. The summed E-state index contributed by atoms with van der Waals surface area (Å²) in [5, 5.41) is 2.54. The van der Waals surface area contributed by atoms with Gasteiger partial charge in [-0.3, -0.25) is 14.5 Å². The molecule has 1 saturated heterocycles. The van der Waals surface area contributed by atoms with Gasteiger partial charge in [-0.05, 0) is 28.7 Å². The number of β-lactam (4-membered cyclic amide) rings is 1. The third kappa shape index (κ3) is 5.18. The van der Waals surface area contributed by atoms with Crippen LogP contribution in [0.3, 0.4) is 0 Å².